The van der Waals surface area contributed by atoms with Crippen LogP contribution in [0.25, 0.3) is 81.0 Å². The second kappa shape index (κ2) is 12.8. The van der Waals surface area contributed by atoms with Gasteiger partial charge >= 0.3 is 0 Å². The van der Waals surface area contributed by atoms with Crippen molar-refractivity contribution in [2.24, 2.45) is 0 Å². The smallest absolute Gasteiger partial charge is 0.0640 e. The molecule has 0 radical (unpaired) electrons. The third-order valence-electron chi connectivity index (χ3n) is 10.3. The molecule has 3 aromatic heterocycles. The van der Waals surface area contributed by atoms with Gasteiger partial charge in [0, 0.05) is 53.4 Å². The zero-order chi connectivity index (χ0) is 35.5. The predicted octanol–water partition coefficient (Wildman–Crippen LogP) is 15.2. The SMILES string of the molecule is C=Cc1c(/C=C\C)sc2c(N(c3ccc(-c4cccc5c6ccccc6n(-c6ccccc6)c45)cc3)c3cccc4c3sc3ccccc34)cccc12. The summed E-state index contributed by atoms with van der Waals surface area (Å²) in [6, 6.07) is 57.5. The van der Waals surface area contributed by atoms with E-state index in [2.05, 4.69) is 193 Å². The number of thiophene rings is 2. The van der Waals surface area contributed by atoms with Gasteiger partial charge in [-0.3, -0.25) is 0 Å². The summed E-state index contributed by atoms with van der Waals surface area (Å²) in [7, 11) is 0. The summed E-state index contributed by atoms with van der Waals surface area (Å²) >= 11 is 3.70. The number of rotatable bonds is 7. The van der Waals surface area contributed by atoms with Crippen LogP contribution in [0.3, 0.4) is 0 Å². The van der Waals surface area contributed by atoms with Crippen molar-refractivity contribution < 1.29 is 0 Å². The van der Waals surface area contributed by atoms with Gasteiger partial charge < -0.3 is 9.47 Å². The molecule has 0 saturated heterocycles. The van der Waals surface area contributed by atoms with Crippen LogP contribution < -0.4 is 4.90 Å². The lowest BCUT2D eigenvalue weighted by molar-refractivity contribution is 1.18. The Morgan fingerprint density at radius 3 is 1.98 bits per heavy atom. The highest BCUT2D eigenvalue weighted by molar-refractivity contribution is 7.26. The molecule has 10 rings (SSSR count). The topological polar surface area (TPSA) is 8.17 Å². The van der Waals surface area contributed by atoms with Crippen molar-refractivity contribution in [1.29, 1.82) is 0 Å². The highest BCUT2D eigenvalue weighted by Crippen LogP contribution is 2.49. The molecule has 0 bridgehead atoms. The zero-order valence-corrected chi connectivity index (χ0v) is 30.8. The molecule has 0 spiro atoms. The van der Waals surface area contributed by atoms with Crippen molar-refractivity contribution >= 4 is 104 Å². The number of fused-ring (bicyclic) bond motifs is 7. The van der Waals surface area contributed by atoms with E-state index in [1.807, 2.05) is 28.7 Å². The van der Waals surface area contributed by atoms with Gasteiger partial charge in [0.15, 0.2) is 0 Å². The molecule has 0 N–H and O–H groups in total. The molecule has 0 aliphatic heterocycles. The van der Waals surface area contributed by atoms with Crippen LogP contribution in [0.5, 0.6) is 0 Å². The maximum atomic E-state index is 4.21. The first-order chi connectivity index (χ1) is 26.2. The van der Waals surface area contributed by atoms with E-state index in [4.69, 9.17) is 0 Å². The molecule has 10 aromatic rings. The minimum Gasteiger partial charge on any atom is -0.309 e. The number of allylic oxidation sites excluding steroid dienone is 1. The van der Waals surface area contributed by atoms with Crippen LogP contribution in [0.2, 0.25) is 0 Å². The van der Waals surface area contributed by atoms with Gasteiger partial charge in [-0.25, -0.2) is 0 Å². The minimum absolute atomic E-state index is 1.11. The number of benzene rings is 7. The van der Waals surface area contributed by atoms with Gasteiger partial charge in [-0.1, -0.05) is 128 Å². The van der Waals surface area contributed by atoms with Crippen LogP contribution in [0, 0.1) is 0 Å². The molecular weight excluding hydrogens is 681 g/mol. The highest BCUT2D eigenvalue weighted by atomic mass is 32.1. The third-order valence-corrected chi connectivity index (χ3v) is 12.7. The molecule has 3 heterocycles. The molecule has 0 aliphatic carbocycles. The Bertz CT molecular complexity index is 3030. The molecule has 2 nitrogen and oxygen atoms in total. The molecule has 0 fully saturated rings. The lowest BCUT2D eigenvalue weighted by Crippen LogP contribution is -2.10. The Morgan fingerprint density at radius 2 is 1.21 bits per heavy atom. The fourth-order valence-electron chi connectivity index (χ4n) is 8.01. The van der Waals surface area contributed by atoms with Crippen molar-refractivity contribution in [1.82, 2.24) is 4.57 Å². The van der Waals surface area contributed by atoms with Gasteiger partial charge in [0.1, 0.15) is 0 Å². The zero-order valence-electron chi connectivity index (χ0n) is 29.2. The largest absolute Gasteiger partial charge is 0.309 e. The molecule has 0 saturated carbocycles. The maximum absolute atomic E-state index is 4.21. The van der Waals surface area contributed by atoms with E-state index in [1.54, 1.807) is 0 Å². The lowest BCUT2D eigenvalue weighted by Gasteiger charge is -2.27. The van der Waals surface area contributed by atoms with Gasteiger partial charge in [-0.05, 0) is 72.7 Å². The first-order valence-electron chi connectivity index (χ1n) is 17.9. The van der Waals surface area contributed by atoms with E-state index < -0.39 is 0 Å². The van der Waals surface area contributed by atoms with Crippen LogP contribution in [-0.2, 0) is 0 Å². The number of hydrogen-bond acceptors (Lipinski definition) is 3. The Kier molecular flexibility index (Phi) is 7.60. The molecule has 53 heavy (non-hydrogen) atoms. The Morgan fingerprint density at radius 1 is 0.566 bits per heavy atom. The molecular formula is C49H34N2S2. The van der Waals surface area contributed by atoms with Crippen molar-refractivity contribution in [2.45, 2.75) is 6.92 Å². The van der Waals surface area contributed by atoms with Crippen molar-refractivity contribution in [3.63, 3.8) is 0 Å². The number of anilines is 3. The summed E-state index contributed by atoms with van der Waals surface area (Å²) in [6.45, 7) is 6.29. The summed E-state index contributed by atoms with van der Waals surface area (Å²) in [5.41, 5.74) is 10.6. The quantitative estimate of drug-likeness (QED) is 0.160. The van der Waals surface area contributed by atoms with E-state index in [9.17, 15) is 0 Å². The second-order valence-corrected chi connectivity index (χ2v) is 15.4. The van der Waals surface area contributed by atoms with Crippen LogP contribution >= 0.6 is 22.7 Å². The summed E-state index contributed by atoms with van der Waals surface area (Å²) in [5, 5.41) is 6.31. The van der Waals surface area contributed by atoms with Crippen LogP contribution in [0.1, 0.15) is 17.4 Å². The van der Waals surface area contributed by atoms with Crippen molar-refractivity contribution in [3.8, 4) is 16.8 Å². The van der Waals surface area contributed by atoms with E-state index >= 15 is 0 Å². The van der Waals surface area contributed by atoms with E-state index in [-0.39, 0.29) is 0 Å². The van der Waals surface area contributed by atoms with Crippen molar-refractivity contribution in [2.75, 3.05) is 4.90 Å². The van der Waals surface area contributed by atoms with Gasteiger partial charge in [0.05, 0.1) is 31.8 Å². The number of hydrogen-bond donors (Lipinski definition) is 0. The monoisotopic (exact) mass is 714 g/mol. The lowest BCUT2D eigenvalue weighted by atomic mass is 10.0. The summed E-state index contributed by atoms with van der Waals surface area (Å²) in [6.07, 6.45) is 6.31. The van der Waals surface area contributed by atoms with Gasteiger partial charge in [-0.15, -0.1) is 22.7 Å². The molecule has 252 valence electrons. The average Bonchev–Trinajstić information content (AvgIpc) is 3.89. The standard InChI is InChI=1S/C49H34N2S2/c1-3-15-45-35(4-2)40-22-13-25-43(48(40)52-45)50(44-26-14-23-41-38-19-9-11-27-46(38)53-49(41)44)34-30-28-32(29-31-34)36-20-12-21-39-37-18-8-10-24-42(37)51(47(36)39)33-16-6-5-7-17-33/h3-31H,2H2,1H3/b15-3-. The fraction of sp³-hybridized carbons (Fsp3) is 0.0204. The first-order valence-corrected chi connectivity index (χ1v) is 19.6. The van der Waals surface area contributed by atoms with E-state index in [0.717, 1.165) is 17.1 Å². The molecule has 0 amide bonds. The highest BCUT2D eigenvalue weighted by Gasteiger charge is 2.23. The van der Waals surface area contributed by atoms with Gasteiger partial charge in [0.2, 0.25) is 0 Å². The molecule has 4 heteroatoms. The Hall–Kier alpha value is -6.20. The number of aromatic nitrogens is 1. The second-order valence-electron chi connectivity index (χ2n) is 13.3. The summed E-state index contributed by atoms with van der Waals surface area (Å²) < 4.78 is 6.24. The molecule has 0 unspecified atom stereocenters. The molecule has 7 aromatic carbocycles. The first kappa shape index (κ1) is 31.5. The average molecular weight is 715 g/mol. The number of nitrogens with zero attached hydrogens (tertiary/aromatic N) is 2. The van der Waals surface area contributed by atoms with Crippen LogP contribution in [0.15, 0.2) is 170 Å². The summed E-state index contributed by atoms with van der Waals surface area (Å²) in [5.74, 6) is 0. The van der Waals surface area contributed by atoms with Crippen LogP contribution in [0.4, 0.5) is 17.1 Å². The van der Waals surface area contributed by atoms with Gasteiger partial charge in [0.25, 0.3) is 0 Å². The summed E-state index contributed by atoms with van der Waals surface area (Å²) in [4.78, 5) is 3.69. The maximum Gasteiger partial charge on any atom is 0.0640 e. The van der Waals surface area contributed by atoms with Crippen molar-refractivity contribution in [3.05, 3.63) is 181 Å². The minimum atomic E-state index is 1.11. The number of para-hydroxylation sites is 3. The fourth-order valence-corrected chi connectivity index (χ4v) is 10.5. The van der Waals surface area contributed by atoms with E-state index in [0.29, 0.717) is 0 Å². The molecule has 0 aliphatic rings. The Balaban J connectivity index is 1.21. The van der Waals surface area contributed by atoms with Gasteiger partial charge in [-0.2, -0.15) is 0 Å². The normalized spacial score (nSPS) is 11.9. The Labute approximate surface area is 316 Å². The predicted molar refractivity (Wildman–Crippen MR) is 234 cm³/mol. The third kappa shape index (κ3) is 4.98. The van der Waals surface area contributed by atoms with E-state index in [1.165, 1.54) is 79.3 Å². The van der Waals surface area contributed by atoms with Crippen LogP contribution in [-0.4, -0.2) is 4.57 Å². The molecule has 0 atom stereocenters.